The molecule has 1 aromatic heterocycles. The van der Waals surface area contributed by atoms with Crippen LogP contribution < -0.4 is 9.47 Å². The van der Waals surface area contributed by atoms with Gasteiger partial charge in [0.2, 0.25) is 0 Å². The number of benzene rings is 2. The third-order valence-electron chi connectivity index (χ3n) is 3.77. The third-order valence-corrected chi connectivity index (χ3v) is 3.77. The molecule has 1 heterocycles. The van der Waals surface area contributed by atoms with Gasteiger partial charge in [-0.2, -0.15) is 0 Å². The lowest BCUT2D eigenvalue weighted by molar-refractivity contribution is 0.0697. The summed E-state index contributed by atoms with van der Waals surface area (Å²) in [5.41, 5.74) is 2.19. The summed E-state index contributed by atoms with van der Waals surface area (Å²) >= 11 is 0. The van der Waals surface area contributed by atoms with Crippen LogP contribution in [0.2, 0.25) is 0 Å². The molecule has 3 rings (SSSR count). The van der Waals surface area contributed by atoms with E-state index in [1.54, 1.807) is 19.2 Å². The van der Waals surface area contributed by atoms with Crippen LogP contribution in [0.3, 0.4) is 0 Å². The van der Waals surface area contributed by atoms with Gasteiger partial charge in [-0.1, -0.05) is 0 Å². The van der Waals surface area contributed by atoms with Crippen LogP contribution in [0.4, 0.5) is 0 Å². The smallest absolute Gasteiger partial charge is 0.335 e. The maximum Gasteiger partial charge on any atom is 0.335 e. The molecule has 0 saturated heterocycles. The second-order valence-corrected chi connectivity index (χ2v) is 5.27. The van der Waals surface area contributed by atoms with Gasteiger partial charge in [0.05, 0.1) is 12.7 Å². The van der Waals surface area contributed by atoms with Gasteiger partial charge in [-0.25, -0.2) is 4.79 Å². The molecule has 0 unspecified atom stereocenters. The topological polar surface area (TPSA) is 60.7 Å². The van der Waals surface area contributed by atoms with Crippen molar-refractivity contribution in [3.8, 4) is 11.5 Å². The molecular weight excluding hydrogens is 294 g/mol. The number of carboxylic acids is 1. The first-order valence-corrected chi connectivity index (χ1v) is 7.16. The fourth-order valence-electron chi connectivity index (χ4n) is 2.55. The lowest BCUT2D eigenvalue weighted by Crippen LogP contribution is -1.97. The second kappa shape index (κ2) is 6.04. The zero-order valence-corrected chi connectivity index (χ0v) is 12.9. The Hall–Kier alpha value is -2.95. The molecule has 118 valence electrons. The number of aryl methyl sites for hydroxylation is 1. The normalized spacial score (nSPS) is 10.7. The summed E-state index contributed by atoms with van der Waals surface area (Å²) in [7, 11) is 3.55. The average Bonchev–Trinajstić information content (AvgIpc) is 2.89. The number of carboxylic acid groups (broad SMARTS) is 1. The molecule has 0 amide bonds. The Bertz CT molecular complexity index is 849. The molecule has 0 radical (unpaired) electrons. The molecule has 5 heteroatoms. The maximum absolute atomic E-state index is 11.2. The van der Waals surface area contributed by atoms with Crippen molar-refractivity contribution >= 4 is 16.9 Å². The molecule has 0 fully saturated rings. The third kappa shape index (κ3) is 2.99. The number of hydrogen-bond acceptors (Lipinski definition) is 3. The number of aromatic nitrogens is 1. The number of methoxy groups -OCH3 is 1. The zero-order chi connectivity index (χ0) is 16.4. The predicted octanol–water partition coefficient (Wildman–Crippen LogP) is 3.46. The van der Waals surface area contributed by atoms with E-state index in [0.717, 1.165) is 28.0 Å². The summed E-state index contributed by atoms with van der Waals surface area (Å²) < 4.78 is 12.9. The van der Waals surface area contributed by atoms with Gasteiger partial charge in [-0.3, -0.25) is 0 Å². The first kappa shape index (κ1) is 15.0. The standard InChI is InChI=1S/C18H17NO4/c1-19-10-13(11-23-15-6-4-14(22-2)5-7-15)16-9-12(18(20)21)3-8-17(16)19/h3-10H,11H2,1-2H3,(H,20,21). The number of rotatable bonds is 5. The molecule has 0 saturated carbocycles. The van der Waals surface area contributed by atoms with Crippen LogP contribution in [-0.4, -0.2) is 22.8 Å². The highest BCUT2D eigenvalue weighted by atomic mass is 16.5. The van der Waals surface area contributed by atoms with E-state index < -0.39 is 5.97 Å². The summed E-state index contributed by atoms with van der Waals surface area (Å²) in [5.74, 6) is 0.573. The lowest BCUT2D eigenvalue weighted by atomic mass is 10.1. The van der Waals surface area contributed by atoms with Gasteiger partial charge in [0, 0.05) is 29.7 Å². The molecule has 0 aliphatic rings. The second-order valence-electron chi connectivity index (χ2n) is 5.27. The Morgan fingerprint density at radius 1 is 1.13 bits per heavy atom. The molecule has 2 aromatic carbocycles. The highest BCUT2D eigenvalue weighted by molar-refractivity contribution is 5.94. The predicted molar refractivity (Wildman–Crippen MR) is 87.2 cm³/mol. The number of carbonyl (C=O) groups is 1. The minimum atomic E-state index is -0.933. The van der Waals surface area contributed by atoms with E-state index in [1.165, 1.54) is 0 Å². The fraction of sp³-hybridized carbons (Fsp3) is 0.167. The van der Waals surface area contributed by atoms with Crippen LogP contribution in [-0.2, 0) is 13.7 Å². The molecule has 1 N–H and O–H groups in total. The van der Waals surface area contributed by atoms with Crippen LogP contribution in [0.15, 0.2) is 48.7 Å². The van der Waals surface area contributed by atoms with Crippen molar-refractivity contribution in [2.24, 2.45) is 7.05 Å². The Morgan fingerprint density at radius 2 is 1.83 bits per heavy atom. The number of aromatic carboxylic acids is 1. The van der Waals surface area contributed by atoms with Gasteiger partial charge in [-0.15, -0.1) is 0 Å². The van der Waals surface area contributed by atoms with Crippen LogP contribution in [0, 0.1) is 0 Å². The van der Waals surface area contributed by atoms with Crippen molar-refractivity contribution in [1.82, 2.24) is 4.57 Å². The van der Waals surface area contributed by atoms with E-state index in [4.69, 9.17) is 14.6 Å². The Morgan fingerprint density at radius 3 is 2.48 bits per heavy atom. The van der Waals surface area contributed by atoms with Crippen molar-refractivity contribution < 1.29 is 19.4 Å². The summed E-state index contributed by atoms with van der Waals surface area (Å²) in [5, 5.41) is 10.0. The van der Waals surface area contributed by atoms with Gasteiger partial charge >= 0.3 is 5.97 Å². The SMILES string of the molecule is COc1ccc(OCc2cn(C)c3ccc(C(=O)O)cc23)cc1. The summed E-state index contributed by atoms with van der Waals surface area (Å²) in [6.45, 7) is 0.368. The van der Waals surface area contributed by atoms with Gasteiger partial charge in [0.1, 0.15) is 18.1 Å². The first-order valence-electron chi connectivity index (χ1n) is 7.16. The molecule has 0 bridgehead atoms. The van der Waals surface area contributed by atoms with Gasteiger partial charge in [0.15, 0.2) is 0 Å². The molecule has 3 aromatic rings. The number of fused-ring (bicyclic) bond motifs is 1. The quantitative estimate of drug-likeness (QED) is 0.784. The average molecular weight is 311 g/mol. The van der Waals surface area contributed by atoms with E-state index in [1.807, 2.05) is 48.1 Å². The minimum Gasteiger partial charge on any atom is -0.497 e. The zero-order valence-electron chi connectivity index (χ0n) is 12.9. The van der Waals surface area contributed by atoms with Gasteiger partial charge in [-0.05, 0) is 42.5 Å². The number of nitrogens with zero attached hydrogens (tertiary/aromatic N) is 1. The summed E-state index contributed by atoms with van der Waals surface area (Å²) in [4.78, 5) is 11.2. The number of ether oxygens (including phenoxy) is 2. The number of hydrogen-bond donors (Lipinski definition) is 1. The first-order chi connectivity index (χ1) is 11.1. The van der Waals surface area contributed by atoms with Crippen molar-refractivity contribution in [3.63, 3.8) is 0 Å². The van der Waals surface area contributed by atoms with E-state index in [2.05, 4.69) is 0 Å². The highest BCUT2D eigenvalue weighted by Crippen LogP contribution is 2.24. The summed E-state index contributed by atoms with van der Waals surface area (Å²) in [6.07, 6.45) is 1.96. The molecule has 5 nitrogen and oxygen atoms in total. The van der Waals surface area contributed by atoms with E-state index in [9.17, 15) is 4.79 Å². The van der Waals surface area contributed by atoms with Crippen LogP contribution >= 0.6 is 0 Å². The van der Waals surface area contributed by atoms with E-state index >= 15 is 0 Å². The molecular formula is C18H17NO4. The molecule has 0 spiro atoms. The molecule has 0 atom stereocenters. The van der Waals surface area contributed by atoms with Gasteiger partial charge < -0.3 is 19.1 Å². The monoisotopic (exact) mass is 311 g/mol. The van der Waals surface area contributed by atoms with Crippen LogP contribution in [0.5, 0.6) is 11.5 Å². The Labute approximate surface area is 133 Å². The largest absolute Gasteiger partial charge is 0.497 e. The van der Waals surface area contributed by atoms with Gasteiger partial charge in [0.25, 0.3) is 0 Å². The fourth-order valence-corrected chi connectivity index (χ4v) is 2.55. The highest BCUT2D eigenvalue weighted by Gasteiger charge is 2.11. The van der Waals surface area contributed by atoms with Crippen molar-refractivity contribution in [2.75, 3.05) is 7.11 Å². The molecule has 0 aliphatic heterocycles. The van der Waals surface area contributed by atoms with Crippen molar-refractivity contribution in [1.29, 1.82) is 0 Å². The van der Waals surface area contributed by atoms with E-state index in [0.29, 0.717) is 6.61 Å². The molecule has 23 heavy (non-hydrogen) atoms. The lowest BCUT2D eigenvalue weighted by Gasteiger charge is -2.06. The van der Waals surface area contributed by atoms with E-state index in [-0.39, 0.29) is 5.56 Å². The minimum absolute atomic E-state index is 0.273. The molecule has 0 aliphatic carbocycles. The van der Waals surface area contributed by atoms with Crippen molar-refractivity contribution in [2.45, 2.75) is 6.61 Å². The van der Waals surface area contributed by atoms with Crippen LogP contribution in [0.25, 0.3) is 10.9 Å². The van der Waals surface area contributed by atoms with Crippen molar-refractivity contribution in [3.05, 3.63) is 59.8 Å². The summed E-state index contributed by atoms with van der Waals surface area (Å²) in [6, 6.07) is 12.5. The Balaban J connectivity index is 1.86. The Kier molecular flexibility index (Phi) is 3.93. The maximum atomic E-state index is 11.2. The van der Waals surface area contributed by atoms with Crippen LogP contribution in [0.1, 0.15) is 15.9 Å².